The van der Waals surface area contributed by atoms with E-state index < -0.39 is 0 Å². The molecule has 0 aliphatic heterocycles. The first kappa shape index (κ1) is 14.4. The maximum atomic E-state index is 12.7. The summed E-state index contributed by atoms with van der Waals surface area (Å²) in [7, 11) is 0. The molecule has 0 radical (unpaired) electrons. The Balaban J connectivity index is 1.69. The van der Waals surface area contributed by atoms with Crippen LogP contribution in [0, 0.1) is 9.49 Å². The van der Waals surface area contributed by atoms with Gasteiger partial charge in [-0.3, -0.25) is 4.79 Å². The molecular weight excluding hydrogens is 361 g/mol. The summed E-state index contributed by atoms with van der Waals surface area (Å²) < 4.78 is 1.18. The quantitative estimate of drug-likeness (QED) is 0.703. The summed E-state index contributed by atoms with van der Waals surface area (Å²) in [5, 5.41) is 0. The third-order valence-corrected chi connectivity index (χ3v) is 5.24. The lowest BCUT2D eigenvalue weighted by molar-refractivity contribution is 0.0699. The molecule has 2 nitrogen and oxygen atoms in total. The number of hydrogen-bond acceptors (Lipinski definition) is 1. The van der Waals surface area contributed by atoms with Gasteiger partial charge in [0.1, 0.15) is 0 Å². The molecule has 0 atom stereocenters. The van der Waals surface area contributed by atoms with Gasteiger partial charge in [0.05, 0.1) is 0 Å². The Morgan fingerprint density at radius 2 is 1.70 bits per heavy atom. The van der Waals surface area contributed by atoms with Gasteiger partial charge in [-0.15, -0.1) is 0 Å². The van der Waals surface area contributed by atoms with Gasteiger partial charge < -0.3 is 4.90 Å². The van der Waals surface area contributed by atoms with Gasteiger partial charge >= 0.3 is 0 Å². The Labute approximate surface area is 135 Å². The van der Waals surface area contributed by atoms with Crippen LogP contribution in [0.1, 0.15) is 55.3 Å². The van der Waals surface area contributed by atoms with Gasteiger partial charge in [0.2, 0.25) is 0 Å². The Morgan fingerprint density at radius 3 is 2.30 bits per heavy atom. The molecule has 0 aromatic heterocycles. The highest BCUT2D eigenvalue weighted by Gasteiger charge is 2.34. The van der Waals surface area contributed by atoms with Gasteiger partial charge in [0, 0.05) is 21.7 Å². The molecule has 2 aliphatic carbocycles. The normalized spacial score (nSPS) is 19.9. The smallest absolute Gasteiger partial charge is 0.254 e. The lowest BCUT2D eigenvalue weighted by Crippen LogP contribution is -2.37. The standard InChI is InChI=1S/C17H22INO/c18-15-8-6-14(7-9-15)17(20)19(16-10-11-16)12-13-4-2-1-3-5-13/h6-9,13,16H,1-5,10-12H2. The van der Waals surface area contributed by atoms with Crippen molar-refractivity contribution < 1.29 is 4.79 Å². The molecule has 3 heteroatoms. The van der Waals surface area contributed by atoms with E-state index in [-0.39, 0.29) is 5.91 Å². The summed E-state index contributed by atoms with van der Waals surface area (Å²) in [4.78, 5) is 14.9. The van der Waals surface area contributed by atoms with Crippen LogP contribution in [0.4, 0.5) is 0 Å². The molecule has 0 N–H and O–H groups in total. The fraction of sp³-hybridized carbons (Fsp3) is 0.588. The summed E-state index contributed by atoms with van der Waals surface area (Å²) in [6, 6.07) is 8.52. The van der Waals surface area contributed by atoms with Crippen LogP contribution >= 0.6 is 22.6 Å². The molecule has 0 bridgehead atoms. The van der Waals surface area contributed by atoms with E-state index in [1.165, 1.54) is 48.5 Å². The second-order valence-corrected chi connectivity index (χ2v) is 7.45. The zero-order chi connectivity index (χ0) is 13.9. The van der Waals surface area contributed by atoms with Gasteiger partial charge in [-0.2, -0.15) is 0 Å². The van der Waals surface area contributed by atoms with E-state index in [4.69, 9.17) is 0 Å². The summed E-state index contributed by atoms with van der Waals surface area (Å²) in [6.07, 6.45) is 9.09. The van der Waals surface area contributed by atoms with Gasteiger partial charge in [0.15, 0.2) is 0 Å². The first-order chi connectivity index (χ1) is 9.74. The van der Waals surface area contributed by atoms with Crippen molar-refractivity contribution >= 4 is 28.5 Å². The SMILES string of the molecule is O=C(c1ccc(I)cc1)N(CC1CCCCC1)C1CC1. The van der Waals surface area contributed by atoms with E-state index in [1.54, 1.807) is 0 Å². The Bertz CT molecular complexity index is 460. The number of amides is 1. The molecule has 1 amide bonds. The maximum Gasteiger partial charge on any atom is 0.254 e. The van der Waals surface area contributed by atoms with E-state index >= 15 is 0 Å². The van der Waals surface area contributed by atoms with Gasteiger partial charge in [0.25, 0.3) is 5.91 Å². The molecule has 0 unspecified atom stereocenters. The maximum absolute atomic E-state index is 12.7. The number of carbonyl (C=O) groups excluding carboxylic acids is 1. The van der Waals surface area contributed by atoms with Crippen LogP contribution in [0.5, 0.6) is 0 Å². The number of carbonyl (C=O) groups is 1. The second-order valence-electron chi connectivity index (χ2n) is 6.20. The minimum atomic E-state index is 0.245. The van der Waals surface area contributed by atoms with Crippen LogP contribution in [0.25, 0.3) is 0 Å². The van der Waals surface area contributed by atoms with Crippen molar-refractivity contribution in [3.63, 3.8) is 0 Å². The summed E-state index contributed by atoms with van der Waals surface area (Å²) in [6.45, 7) is 0.982. The fourth-order valence-corrected chi connectivity index (χ4v) is 3.55. The molecule has 0 saturated heterocycles. The molecule has 2 fully saturated rings. The van der Waals surface area contributed by atoms with Gasteiger partial charge in [-0.1, -0.05) is 19.3 Å². The van der Waals surface area contributed by atoms with Crippen LogP contribution < -0.4 is 0 Å². The molecule has 2 saturated carbocycles. The largest absolute Gasteiger partial charge is 0.335 e. The van der Waals surface area contributed by atoms with Gasteiger partial charge in [-0.05, 0) is 78.5 Å². The van der Waals surface area contributed by atoms with Crippen molar-refractivity contribution in [3.05, 3.63) is 33.4 Å². The number of hydrogen-bond donors (Lipinski definition) is 0. The molecule has 0 spiro atoms. The van der Waals surface area contributed by atoms with Crippen molar-refractivity contribution in [2.75, 3.05) is 6.54 Å². The second kappa shape index (κ2) is 6.46. The molecule has 0 heterocycles. The zero-order valence-electron chi connectivity index (χ0n) is 11.9. The predicted molar refractivity (Wildman–Crippen MR) is 89.8 cm³/mol. The first-order valence-electron chi connectivity index (χ1n) is 7.80. The zero-order valence-corrected chi connectivity index (χ0v) is 14.0. The number of benzene rings is 1. The first-order valence-corrected chi connectivity index (χ1v) is 8.88. The van der Waals surface area contributed by atoms with Crippen LogP contribution in [0.15, 0.2) is 24.3 Å². The Morgan fingerprint density at radius 1 is 1.05 bits per heavy atom. The summed E-state index contributed by atoms with van der Waals surface area (Å²) in [5.74, 6) is 0.978. The number of nitrogens with zero attached hydrogens (tertiary/aromatic N) is 1. The Kier molecular flexibility index (Phi) is 4.64. The molecule has 1 aromatic carbocycles. The van der Waals surface area contributed by atoms with E-state index in [1.807, 2.05) is 24.3 Å². The molecule has 2 aliphatic rings. The van der Waals surface area contributed by atoms with Crippen LogP contribution in [0.2, 0.25) is 0 Å². The van der Waals surface area contributed by atoms with Crippen molar-refractivity contribution in [1.82, 2.24) is 4.90 Å². The highest BCUT2D eigenvalue weighted by atomic mass is 127. The lowest BCUT2D eigenvalue weighted by Gasteiger charge is -2.30. The summed E-state index contributed by atoms with van der Waals surface area (Å²) >= 11 is 2.28. The van der Waals surface area contributed by atoms with E-state index in [2.05, 4.69) is 27.5 Å². The average Bonchev–Trinajstić information content (AvgIpc) is 3.30. The molecule has 3 rings (SSSR count). The average molecular weight is 383 g/mol. The third kappa shape index (κ3) is 3.54. The predicted octanol–water partition coefficient (Wildman–Crippen LogP) is 4.48. The minimum Gasteiger partial charge on any atom is -0.335 e. The fourth-order valence-electron chi connectivity index (χ4n) is 3.19. The van der Waals surface area contributed by atoms with Crippen molar-refractivity contribution in [3.8, 4) is 0 Å². The highest BCUT2D eigenvalue weighted by Crippen LogP contribution is 2.32. The van der Waals surface area contributed by atoms with Crippen molar-refractivity contribution in [2.24, 2.45) is 5.92 Å². The summed E-state index contributed by atoms with van der Waals surface area (Å²) in [5.41, 5.74) is 0.855. The van der Waals surface area contributed by atoms with Crippen LogP contribution in [-0.4, -0.2) is 23.4 Å². The van der Waals surface area contributed by atoms with Crippen molar-refractivity contribution in [1.29, 1.82) is 0 Å². The highest BCUT2D eigenvalue weighted by molar-refractivity contribution is 14.1. The number of halogens is 1. The molecular formula is C17H22INO. The lowest BCUT2D eigenvalue weighted by atomic mass is 9.89. The van der Waals surface area contributed by atoms with Crippen LogP contribution in [-0.2, 0) is 0 Å². The Hall–Kier alpha value is -0.580. The topological polar surface area (TPSA) is 20.3 Å². The van der Waals surface area contributed by atoms with Crippen molar-refractivity contribution in [2.45, 2.75) is 51.0 Å². The van der Waals surface area contributed by atoms with Gasteiger partial charge in [-0.25, -0.2) is 0 Å². The molecule has 1 aromatic rings. The van der Waals surface area contributed by atoms with E-state index in [9.17, 15) is 4.79 Å². The minimum absolute atomic E-state index is 0.245. The van der Waals surface area contributed by atoms with Crippen LogP contribution in [0.3, 0.4) is 0 Å². The monoisotopic (exact) mass is 383 g/mol. The third-order valence-electron chi connectivity index (χ3n) is 4.52. The van der Waals surface area contributed by atoms with E-state index in [0.29, 0.717) is 6.04 Å². The molecule has 20 heavy (non-hydrogen) atoms. The molecule has 108 valence electrons. The number of rotatable bonds is 4. The van der Waals surface area contributed by atoms with E-state index in [0.717, 1.165) is 18.0 Å².